The third kappa shape index (κ3) is 1.74. The highest BCUT2D eigenvalue weighted by atomic mass is 16.7. The van der Waals surface area contributed by atoms with Crippen LogP contribution in [0.4, 0.5) is 0 Å². The van der Waals surface area contributed by atoms with Gasteiger partial charge in [0.05, 0.1) is 12.6 Å². The Hall–Kier alpha value is -1.28. The number of aliphatic hydroxyl groups excluding tert-OH is 1. The van der Waals surface area contributed by atoms with E-state index in [4.69, 9.17) is 20.3 Å². The first-order chi connectivity index (χ1) is 7.65. The summed E-state index contributed by atoms with van der Waals surface area (Å²) in [5.41, 5.74) is 6.24. The summed E-state index contributed by atoms with van der Waals surface area (Å²) in [6, 6.07) is 2.52. The lowest BCUT2D eigenvalue weighted by atomic mass is 9.74. The predicted molar refractivity (Wildman–Crippen MR) is 56.4 cm³/mol. The van der Waals surface area contributed by atoms with Gasteiger partial charge in [0.25, 0.3) is 0 Å². The lowest BCUT2D eigenvalue weighted by molar-refractivity contribution is 0.174. The maximum Gasteiger partial charge on any atom is 0.492 e. The topological polar surface area (TPSA) is 105 Å². The SMILES string of the molecule is NC(CO)c1ccc2c(c1B(O)O)OCO2. The Bertz CT molecular complexity index is 398. The van der Waals surface area contributed by atoms with Crippen LogP contribution in [0.1, 0.15) is 11.6 Å². The molecule has 0 amide bonds. The van der Waals surface area contributed by atoms with Crippen molar-refractivity contribution >= 4 is 12.6 Å². The fourth-order valence-electron chi connectivity index (χ4n) is 1.70. The van der Waals surface area contributed by atoms with E-state index in [9.17, 15) is 10.0 Å². The second-order valence-electron chi connectivity index (χ2n) is 3.46. The minimum atomic E-state index is -1.72. The van der Waals surface area contributed by atoms with Crippen LogP contribution in [0, 0.1) is 0 Å². The van der Waals surface area contributed by atoms with Crippen LogP contribution in [0.15, 0.2) is 12.1 Å². The summed E-state index contributed by atoms with van der Waals surface area (Å²) in [7, 11) is -1.72. The van der Waals surface area contributed by atoms with Crippen molar-refractivity contribution in [3.8, 4) is 11.5 Å². The zero-order valence-electron chi connectivity index (χ0n) is 8.46. The van der Waals surface area contributed by atoms with E-state index in [1.54, 1.807) is 12.1 Å². The lowest BCUT2D eigenvalue weighted by Crippen LogP contribution is -2.37. The van der Waals surface area contributed by atoms with Crippen LogP contribution in [-0.4, -0.2) is 35.7 Å². The fourth-order valence-corrected chi connectivity index (χ4v) is 1.70. The molecule has 2 rings (SSSR count). The van der Waals surface area contributed by atoms with Crippen molar-refractivity contribution in [2.45, 2.75) is 6.04 Å². The predicted octanol–water partition coefficient (Wildman–Crippen LogP) is -1.91. The van der Waals surface area contributed by atoms with Gasteiger partial charge in [-0.15, -0.1) is 0 Å². The highest BCUT2D eigenvalue weighted by Gasteiger charge is 2.29. The zero-order chi connectivity index (χ0) is 11.7. The number of rotatable bonds is 3. The molecule has 86 valence electrons. The maximum absolute atomic E-state index is 9.30. The summed E-state index contributed by atoms with van der Waals surface area (Å²) in [5, 5.41) is 27.6. The summed E-state index contributed by atoms with van der Waals surface area (Å²) in [4.78, 5) is 0. The largest absolute Gasteiger partial charge is 0.492 e. The van der Waals surface area contributed by atoms with Crippen molar-refractivity contribution < 1.29 is 24.6 Å². The maximum atomic E-state index is 9.30. The fraction of sp³-hybridized carbons (Fsp3) is 0.333. The minimum Gasteiger partial charge on any atom is -0.454 e. The zero-order valence-corrected chi connectivity index (χ0v) is 8.46. The number of hydrogen-bond acceptors (Lipinski definition) is 6. The van der Waals surface area contributed by atoms with Crippen LogP contribution in [-0.2, 0) is 0 Å². The Balaban J connectivity index is 2.53. The van der Waals surface area contributed by atoms with Crippen LogP contribution in [0.3, 0.4) is 0 Å². The van der Waals surface area contributed by atoms with Gasteiger partial charge in [-0.3, -0.25) is 0 Å². The van der Waals surface area contributed by atoms with Crippen LogP contribution in [0.2, 0.25) is 0 Å². The van der Waals surface area contributed by atoms with Gasteiger partial charge in [0.15, 0.2) is 11.5 Å². The number of nitrogens with two attached hydrogens (primary N) is 1. The lowest BCUT2D eigenvalue weighted by Gasteiger charge is -2.15. The van der Waals surface area contributed by atoms with Crippen LogP contribution >= 0.6 is 0 Å². The highest BCUT2D eigenvalue weighted by molar-refractivity contribution is 6.60. The second-order valence-corrected chi connectivity index (χ2v) is 3.46. The molecule has 1 aliphatic heterocycles. The molecule has 1 atom stereocenters. The summed E-state index contributed by atoms with van der Waals surface area (Å²) in [6.07, 6.45) is 0. The van der Waals surface area contributed by atoms with Gasteiger partial charge in [-0.25, -0.2) is 0 Å². The molecule has 0 aliphatic carbocycles. The first-order valence-electron chi connectivity index (χ1n) is 4.80. The Morgan fingerprint density at radius 1 is 1.38 bits per heavy atom. The third-order valence-electron chi connectivity index (χ3n) is 2.47. The van der Waals surface area contributed by atoms with E-state index in [0.29, 0.717) is 11.3 Å². The van der Waals surface area contributed by atoms with Gasteiger partial charge in [-0.2, -0.15) is 0 Å². The van der Waals surface area contributed by atoms with E-state index in [2.05, 4.69) is 0 Å². The number of hydrogen-bond donors (Lipinski definition) is 4. The quantitative estimate of drug-likeness (QED) is 0.447. The molecule has 1 heterocycles. The van der Waals surface area contributed by atoms with E-state index in [1.807, 2.05) is 0 Å². The molecule has 0 aromatic heterocycles. The van der Waals surface area contributed by atoms with Gasteiger partial charge in [0.1, 0.15) is 0 Å². The molecule has 0 spiro atoms. The Kier molecular flexibility index (Phi) is 3.02. The Morgan fingerprint density at radius 2 is 2.12 bits per heavy atom. The van der Waals surface area contributed by atoms with Gasteiger partial charge in [-0.05, 0) is 11.6 Å². The second kappa shape index (κ2) is 4.30. The molecule has 0 bridgehead atoms. The summed E-state index contributed by atoms with van der Waals surface area (Å²) >= 11 is 0. The molecule has 1 aromatic rings. The van der Waals surface area contributed by atoms with Crippen molar-refractivity contribution in [2.75, 3.05) is 13.4 Å². The van der Waals surface area contributed by atoms with Crippen molar-refractivity contribution in [3.63, 3.8) is 0 Å². The van der Waals surface area contributed by atoms with E-state index in [0.717, 1.165) is 0 Å². The van der Waals surface area contributed by atoms with E-state index >= 15 is 0 Å². The molecular formula is C9H12BNO5. The van der Waals surface area contributed by atoms with Crippen LogP contribution in [0.5, 0.6) is 11.5 Å². The first kappa shape index (κ1) is 11.2. The molecule has 1 unspecified atom stereocenters. The van der Waals surface area contributed by atoms with E-state index in [-0.39, 0.29) is 24.6 Å². The molecule has 7 heteroatoms. The molecule has 0 radical (unpaired) electrons. The van der Waals surface area contributed by atoms with Gasteiger partial charge in [-0.1, -0.05) is 6.07 Å². The molecular weight excluding hydrogens is 213 g/mol. The Labute approximate surface area is 92.4 Å². The summed E-state index contributed by atoms with van der Waals surface area (Å²) in [5.74, 6) is 0.716. The van der Waals surface area contributed by atoms with Gasteiger partial charge in [0, 0.05) is 5.46 Å². The van der Waals surface area contributed by atoms with Crippen molar-refractivity contribution in [1.82, 2.24) is 0 Å². The number of ether oxygens (including phenoxy) is 2. The number of fused-ring (bicyclic) bond motifs is 1. The summed E-state index contributed by atoms with van der Waals surface area (Å²) < 4.78 is 10.3. The van der Waals surface area contributed by atoms with E-state index in [1.165, 1.54) is 0 Å². The molecule has 16 heavy (non-hydrogen) atoms. The van der Waals surface area contributed by atoms with E-state index < -0.39 is 13.2 Å². The molecule has 0 saturated heterocycles. The average Bonchev–Trinajstić information content (AvgIpc) is 2.73. The van der Waals surface area contributed by atoms with Crippen molar-refractivity contribution in [2.24, 2.45) is 5.73 Å². The molecule has 1 aliphatic rings. The molecule has 6 nitrogen and oxygen atoms in total. The Morgan fingerprint density at radius 3 is 2.75 bits per heavy atom. The normalized spacial score (nSPS) is 15.0. The third-order valence-corrected chi connectivity index (χ3v) is 2.47. The molecule has 0 fully saturated rings. The van der Waals surface area contributed by atoms with Crippen LogP contribution in [0.25, 0.3) is 0 Å². The first-order valence-corrected chi connectivity index (χ1v) is 4.80. The molecule has 0 saturated carbocycles. The standard InChI is InChI=1S/C9H12BNO5/c11-6(3-12)5-1-2-7-9(16-4-15-7)8(5)10(13)14/h1-2,6,12-14H,3-4,11H2. The minimum absolute atomic E-state index is 0.0346. The number of benzene rings is 1. The van der Waals surface area contributed by atoms with Gasteiger partial charge in [0.2, 0.25) is 6.79 Å². The van der Waals surface area contributed by atoms with Crippen molar-refractivity contribution in [3.05, 3.63) is 17.7 Å². The van der Waals surface area contributed by atoms with Gasteiger partial charge < -0.3 is 30.4 Å². The molecule has 5 N–H and O–H groups in total. The van der Waals surface area contributed by atoms with Gasteiger partial charge >= 0.3 is 7.12 Å². The monoisotopic (exact) mass is 225 g/mol. The van der Waals surface area contributed by atoms with Crippen molar-refractivity contribution in [1.29, 1.82) is 0 Å². The number of aliphatic hydroxyl groups is 1. The average molecular weight is 225 g/mol. The summed E-state index contributed by atoms with van der Waals surface area (Å²) in [6.45, 7) is -0.258. The molecule has 1 aromatic carbocycles. The highest BCUT2D eigenvalue weighted by Crippen LogP contribution is 2.32. The van der Waals surface area contributed by atoms with Crippen LogP contribution < -0.4 is 20.7 Å². The smallest absolute Gasteiger partial charge is 0.454 e.